The highest BCUT2D eigenvalue weighted by atomic mass is 32.2. The van der Waals surface area contributed by atoms with Gasteiger partial charge in [0, 0.05) is 22.7 Å². The summed E-state index contributed by atoms with van der Waals surface area (Å²) >= 11 is 1.19. The second-order valence-corrected chi connectivity index (χ2v) is 11.3. The minimum absolute atomic E-state index is 0.0993. The molecule has 2 amide bonds. The molecular formula is C26H27N3O7S2. The third-order valence-electron chi connectivity index (χ3n) is 5.90. The highest BCUT2D eigenvalue weighted by Crippen LogP contribution is 2.38. The minimum Gasteiger partial charge on any atom is -0.462 e. The summed E-state index contributed by atoms with van der Waals surface area (Å²) in [6, 6.07) is 12.5. The van der Waals surface area contributed by atoms with Crippen molar-refractivity contribution < 1.29 is 32.3 Å². The number of hydrogen-bond acceptors (Lipinski definition) is 8. The van der Waals surface area contributed by atoms with Crippen LogP contribution < -0.4 is 10.0 Å². The molecule has 1 aromatic heterocycles. The lowest BCUT2D eigenvalue weighted by Crippen LogP contribution is -2.35. The van der Waals surface area contributed by atoms with Crippen molar-refractivity contribution in [2.24, 2.45) is 0 Å². The number of nitrogens with zero attached hydrogens (tertiary/aromatic N) is 1. The number of esters is 1. The summed E-state index contributed by atoms with van der Waals surface area (Å²) in [5.74, 6) is -1.10. The average molecular weight is 558 g/mol. The zero-order valence-corrected chi connectivity index (χ0v) is 22.7. The van der Waals surface area contributed by atoms with Crippen LogP contribution in [0.5, 0.6) is 0 Å². The van der Waals surface area contributed by atoms with Gasteiger partial charge in [0.05, 0.1) is 30.7 Å². The Morgan fingerprint density at radius 3 is 2.53 bits per heavy atom. The number of nitrogens with one attached hydrogen (secondary N) is 2. The molecule has 0 spiro atoms. The summed E-state index contributed by atoms with van der Waals surface area (Å²) in [4.78, 5) is 40.4. The monoisotopic (exact) mass is 557 g/mol. The first kappa shape index (κ1) is 27.1. The Kier molecular flexibility index (Phi) is 8.02. The molecule has 4 rings (SSSR count). The second kappa shape index (κ2) is 11.2. The maximum Gasteiger partial charge on any atom is 0.409 e. The van der Waals surface area contributed by atoms with Crippen LogP contribution in [0, 0.1) is 6.92 Å². The molecule has 10 nitrogen and oxygen atoms in total. The fraction of sp³-hybridized carbons (Fsp3) is 0.269. The third kappa shape index (κ3) is 5.81. The van der Waals surface area contributed by atoms with Crippen molar-refractivity contribution in [2.45, 2.75) is 31.7 Å². The van der Waals surface area contributed by atoms with Crippen LogP contribution in [0.2, 0.25) is 0 Å². The molecule has 38 heavy (non-hydrogen) atoms. The lowest BCUT2D eigenvalue weighted by Gasteiger charge is -2.25. The number of hydrogen-bond donors (Lipinski definition) is 2. The summed E-state index contributed by atoms with van der Waals surface area (Å²) in [6.45, 7) is 4.31. The van der Waals surface area contributed by atoms with Gasteiger partial charge in [-0.2, -0.15) is 0 Å². The normalized spacial score (nSPS) is 12.9. The van der Waals surface area contributed by atoms with E-state index in [1.165, 1.54) is 53.7 Å². The molecule has 0 saturated carbocycles. The Labute approximate surface area is 224 Å². The average Bonchev–Trinajstić information content (AvgIpc) is 3.25. The van der Waals surface area contributed by atoms with Gasteiger partial charge >= 0.3 is 12.1 Å². The van der Waals surface area contributed by atoms with Crippen LogP contribution >= 0.6 is 11.3 Å². The lowest BCUT2D eigenvalue weighted by molar-refractivity contribution is 0.0526. The number of ether oxygens (including phenoxy) is 2. The van der Waals surface area contributed by atoms with E-state index in [9.17, 15) is 22.8 Å². The molecule has 2 heterocycles. The molecule has 0 atom stereocenters. The predicted molar refractivity (Wildman–Crippen MR) is 143 cm³/mol. The molecule has 0 bridgehead atoms. The van der Waals surface area contributed by atoms with E-state index in [-0.39, 0.29) is 34.9 Å². The van der Waals surface area contributed by atoms with Crippen molar-refractivity contribution in [3.63, 3.8) is 0 Å². The van der Waals surface area contributed by atoms with Crippen LogP contribution in [0.1, 0.15) is 43.6 Å². The molecule has 0 aliphatic carbocycles. The Hall–Kier alpha value is -3.90. The van der Waals surface area contributed by atoms with Crippen LogP contribution in [-0.2, 0) is 32.5 Å². The molecule has 1 aliphatic heterocycles. The molecule has 0 unspecified atom stereocenters. The first-order valence-corrected chi connectivity index (χ1v) is 14.1. The number of amides is 2. The quantitative estimate of drug-likeness (QED) is 0.412. The van der Waals surface area contributed by atoms with Crippen molar-refractivity contribution in [3.8, 4) is 0 Å². The van der Waals surface area contributed by atoms with Gasteiger partial charge in [0.25, 0.3) is 15.9 Å². The fourth-order valence-electron chi connectivity index (χ4n) is 4.03. The highest BCUT2D eigenvalue weighted by molar-refractivity contribution is 7.92. The molecule has 0 radical (unpaired) electrons. The summed E-state index contributed by atoms with van der Waals surface area (Å²) < 4.78 is 38.1. The number of rotatable bonds is 7. The molecule has 2 aromatic carbocycles. The van der Waals surface area contributed by atoms with Crippen molar-refractivity contribution >= 4 is 50.0 Å². The highest BCUT2D eigenvalue weighted by Gasteiger charge is 2.31. The number of methoxy groups -OCH3 is 1. The third-order valence-corrected chi connectivity index (χ3v) is 8.43. The molecular weight excluding hydrogens is 530 g/mol. The topological polar surface area (TPSA) is 131 Å². The number of thiophene rings is 1. The van der Waals surface area contributed by atoms with Crippen molar-refractivity contribution in [2.75, 3.05) is 30.3 Å². The Balaban J connectivity index is 1.58. The summed E-state index contributed by atoms with van der Waals surface area (Å²) in [5.41, 5.74) is 2.32. The Morgan fingerprint density at radius 2 is 1.84 bits per heavy atom. The van der Waals surface area contributed by atoms with Crippen LogP contribution in [-0.4, -0.2) is 51.5 Å². The van der Waals surface area contributed by atoms with Crippen LogP contribution in [0.15, 0.2) is 53.4 Å². The molecule has 0 saturated heterocycles. The van der Waals surface area contributed by atoms with E-state index in [2.05, 4.69) is 10.0 Å². The van der Waals surface area contributed by atoms with Crippen molar-refractivity contribution in [1.29, 1.82) is 0 Å². The molecule has 3 aromatic rings. The van der Waals surface area contributed by atoms with E-state index in [1.807, 2.05) is 6.92 Å². The van der Waals surface area contributed by atoms with Gasteiger partial charge in [0.15, 0.2) is 0 Å². The van der Waals surface area contributed by atoms with Crippen molar-refractivity contribution in [3.05, 3.63) is 75.7 Å². The van der Waals surface area contributed by atoms with Gasteiger partial charge in [0.1, 0.15) is 5.00 Å². The lowest BCUT2D eigenvalue weighted by atomic mass is 10.0. The number of sulfonamides is 1. The van der Waals surface area contributed by atoms with Crippen molar-refractivity contribution in [1.82, 2.24) is 4.90 Å². The SMILES string of the molecule is CCOC(=O)c1c(NC(=O)c2cccc(NS(=O)(=O)c3ccc(C)cc3)c2)sc2c1CCN(C(=O)OC)C2. The second-order valence-electron chi connectivity index (χ2n) is 8.52. The van der Waals surface area contributed by atoms with Gasteiger partial charge in [-0.05, 0) is 56.2 Å². The number of aryl methyl sites for hydroxylation is 1. The first-order valence-electron chi connectivity index (χ1n) is 11.8. The number of benzene rings is 2. The summed E-state index contributed by atoms with van der Waals surface area (Å²) in [7, 11) is -2.55. The maximum atomic E-state index is 13.2. The van der Waals surface area contributed by atoms with E-state index < -0.39 is 28.0 Å². The van der Waals surface area contributed by atoms with E-state index in [0.717, 1.165) is 16.0 Å². The van der Waals surface area contributed by atoms with Crippen LogP contribution in [0.3, 0.4) is 0 Å². The number of carbonyl (C=O) groups excluding carboxylic acids is 3. The van der Waals surface area contributed by atoms with E-state index in [0.29, 0.717) is 18.0 Å². The fourth-order valence-corrected chi connectivity index (χ4v) is 6.32. The zero-order chi connectivity index (χ0) is 27.4. The van der Waals surface area contributed by atoms with E-state index in [4.69, 9.17) is 9.47 Å². The maximum absolute atomic E-state index is 13.2. The van der Waals surface area contributed by atoms with E-state index in [1.54, 1.807) is 25.1 Å². The first-order chi connectivity index (χ1) is 18.1. The molecule has 0 fully saturated rings. The largest absolute Gasteiger partial charge is 0.462 e. The van der Waals surface area contributed by atoms with E-state index >= 15 is 0 Å². The molecule has 200 valence electrons. The predicted octanol–water partition coefficient (Wildman–Crippen LogP) is 4.41. The standard InChI is InChI=1S/C26H27N3O7S2/c1-4-36-25(31)22-20-12-13-29(26(32)35-3)15-21(20)37-24(22)27-23(30)17-6-5-7-18(14-17)28-38(33,34)19-10-8-16(2)9-11-19/h5-11,14,28H,4,12-13,15H2,1-3H3,(H,27,30). The van der Waals surface area contributed by atoms with Gasteiger partial charge in [-0.1, -0.05) is 23.8 Å². The van der Waals surface area contributed by atoms with Crippen LogP contribution in [0.4, 0.5) is 15.5 Å². The molecule has 1 aliphatic rings. The van der Waals surface area contributed by atoms with Gasteiger partial charge in [0.2, 0.25) is 0 Å². The summed E-state index contributed by atoms with van der Waals surface area (Å²) in [6.07, 6.45) is -0.0708. The van der Waals surface area contributed by atoms with Gasteiger partial charge < -0.3 is 19.7 Å². The Bertz CT molecular complexity index is 1480. The van der Waals surface area contributed by atoms with Gasteiger partial charge in [-0.3, -0.25) is 9.52 Å². The molecule has 2 N–H and O–H groups in total. The van der Waals surface area contributed by atoms with Gasteiger partial charge in [-0.15, -0.1) is 11.3 Å². The Morgan fingerprint density at radius 1 is 1.11 bits per heavy atom. The number of fused-ring (bicyclic) bond motifs is 1. The van der Waals surface area contributed by atoms with Gasteiger partial charge in [-0.25, -0.2) is 18.0 Å². The number of anilines is 2. The van der Waals surface area contributed by atoms with Crippen LogP contribution in [0.25, 0.3) is 0 Å². The molecule has 12 heteroatoms. The summed E-state index contributed by atoms with van der Waals surface area (Å²) in [5, 5.41) is 3.08. The zero-order valence-electron chi connectivity index (χ0n) is 21.1. The minimum atomic E-state index is -3.86. The number of carbonyl (C=O) groups is 3. The smallest absolute Gasteiger partial charge is 0.409 e.